The molecule has 0 fully saturated rings. The first-order chi connectivity index (χ1) is 17.2. The normalized spacial score (nSPS) is 11.7. The van der Waals surface area contributed by atoms with E-state index in [1.807, 2.05) is 37.3 Å². The number of esters is 1. The van der Waals surface area contributed by atoms with Crippen LogP contribution < -0.4 is 4.74 Å². The van der Waals surface area contributed by atoms with Crippen LogP contribution in [0.3, 0.4) is 0 Å². The molecule has 8 nitrogen and oxygen atoms in total. The molecule has 35 heavy (non-hydrogen) atoms. The van der Waals surface area contributed by atoms with E-state index in [1.54, 1.807) is 7.05 Å². The minimum Gasteiger partial charge on any atom is -0.494 e. The van der Waals surface area contributed by atoms with Gasteiger partial charge in [-0.2, -0.15) is 5.11 Å². The van der Waals surface area contributed by atoms with Gasteiger partial charge in [-0.25, -0.2) is 4.98 Å². The first-order valence-corrected chi connectivity index (χ1v) is 13.8. The number of rotatable bonds is 16. The van der Waals surface area contributed by atoms with Crippen LogP contribution in [-0.2, 0) is 9.53 Å². The third-order valence-electron chi connectivity index (χ3n) is 5.13. The van der Waals surface area contributed by atoms with Crippen molar-refractivity contribution in [1.29, 1.82) is 0 Å². The molecule has 2 heterocycles. The quantitative estimate of drug-likeness (QED) is 0.108. The second kappa shape index (κ2) is 15.3. The van der Waals surface area contributed by atoms with Gasteiger partial charge in [0, 0.05) is 13.5 Å². The Morgan fingerprint density at radius 2 is 1.63 bits per heavy atom. The molecule has 0 bridgehead atoms. The molecule has 188 valence electrons. The number of carbonyl (C=O) groups is 1. The summed E-state index contributed by atoms with van der Waals surface area (Å²) in [5.41, 5.74) is 0.780. The molecule has 3 rings (SSSR count). The fourth-order valence-corrected chi connectivity index (χ4v) is 5.24. The Morgan fingerprint density at radius 3 is 2.31 bits per heavy atom. The molecular weight excluding hydrogens is 482 g/mol. The Kier molecular flexibility index (Phi) is 11.8. The molecule has 0 aliphatic carbocycles. The Bertz CT molecular complexity index is 1060. The van der Waals surface area contributed by atoms with Crippen LogP contribution in [0.15, 0.2) is 50.8 Å². The molecule has 0 amide bonds. The lowest BCUT2D eigenvalue weighted by molar-refractivity contribution is -0.143. The average molecular weight is 516 g/mol. The van der Waals surface area contributed by atoms with Gasteiger partial charge in [-0.1, -0.05) is 61.7 Å². The van der Waals surface area contributed by atoms with Gasteiger partial charge in [0.15, 0.2) is 0 Å². The number of thiophene rings is 1. The van der Waals surface area contributed by atoms with E-state index >= 15 is 0 Å². The third kappa shape index (κ3) is 9.81. The highest BCUT2D eigenvalue weighted by molar-refractivity contribution is 7.30. The molecular formula is C25H33N5O3S2. The number of fused-ring (bicyclic) bond motifs is 1. The largest absolute Gasteiger partial charge is 0.494 e. The first-order valence-electron chi connectivity index (χ1n) is 12.2. The Balaban J connectivity index is 1.25. The molecule has 0 aliphatic heterocycles. The summed E-state index contributed by atoms with van der Waals surface area (Å²) in [7, 11) is 1.63. The van der Waals surface area contributed by atoms with E-state index in [1.165, 1.54) is 41.9 Å². The highest BCUT2D eigenvalue weighted by Gasteiger charge is 2.08. The number of nitrogens with zero attached hydrogens (tertiary/aromatic N) is 5. The van der Waals surface area contributed by atoms with Crippen molar-refractivity contribution in [2.75, 3.05) is 20.3 Å². The zero-order valence-corrected chi connectivity index (χ0v) is 22.1. The number of benzene rings is 1. The second-order valence-corrected chi connectivity index (χ2v) is 10.1. The summed E-state index contributed by atoms with van der Waals surface area (Å²) >= 11 is 2.98. The van der Waals surface area contributed by atoms with Crippen LogP contribution in [0.1, 0.15) is 64.7 Å². The maximum absolute atomic E-state index is 11.3. The Morgan fingerprint density at radius 1 is 0.914 bits per heavy atom. The molecule has 3 aromatic rings. The van der Waals surface area contributed by atoms with Crippen molar-refractivity contribution in [2.45, 2.75) is 64.7 Å². The predicted octanol–water partition coefficient (Wildman–Crippen LogP) is 8.94. The Labute approximate surface area is 214 Å². The number of carbonyl (C=O) groups excluding carboxylic acids is 1. The van der Waals surface area contributed by atoms with Crippen LogP contribution in [-0.4, -0.2) is 31.2 Å². The van der Waals surface area contributed by atoms with E-state index in [0.29, 0.717) is 24.8 Å². The van der Waals surface area contributed by atoms with Gasteiger partial charge in [0.1, 0.15) is 15.6 Å². The standard InChI is InChI=1S/C25H33N5O3S2/c1-3-11-23(31)33-17-10-8-6-4-5-7-9-16-32-20-14-12-19(13-15-20)28-29-22-18-21-24(35-22)27-25(34-21)30-26-2/h12-15,18H,3-11,16-17H2,1-2H3. The molecule has 0 N–H and O–H groups in total. The monoisotopic (exact) mass is 515 g/mol. The van der Waals surface area contributed by atoms with Gasteiger partial charge in [0.05, 0.1) is 23.6 Å². The summed E-state index contributed by atoms with van der Waals surface area (Å²) in [5.74, 6) is 0.776. The van der Waals surface area contributed by atoms with E-state index < -0.39 is 0 Å². The molecule has 0 aliphatic rings. The maximum Gasteiger partial charge on any atom is 0.305 e. The minimum absolute atomic E-state index is 0.0714. The van der Waals surface area contributed by atoms with Gasteiger partial charge in [-0.15, -0.1) is 15.3 Å². The summed E-state index contributed by atoms with van der Waals surface area (Å²) in [5, 5.41) is 17.8. The average Bonchev–Trinajstić information content (AvgIpc) is 3.40. The van der Waals surface area contributed by atoms with Crippen molar-refractivity contribution in [1.82, 2.24) is 4.98 Å². The summed E-state index contributed by atoms with van der Waals surface area (Å²) in [6.45, 7) is 3.26. The highest BCUT2D eigenvalue weighted by atomic mass is 32.1. The molecule has 0 spiro atoms. The first kappa shape index (κ1) is 26.9. The van der Waals surface area contributed by atoms with Crippen LogP contribution >= 0.6 is 22.7 Å². The summed E-state index contributed by atoms with van der Waals surface area (Å²) in [6, 6.07) is 9.65. The summed E-state index contributed by atoms with van der Waals surface area (Å²) in [4.78, 5) is 16.6. The van der Waals surface area contributed by atoms with Crippen LogP contribution in [0, 0.1) is 0 Å². The summed E-state index contributed by atoms with van der Waals surface area (Å²) in [6.07, 6.45) is 9.27. The van der Waals surface area contributed by atoms with Crippen LogP contribution in [0.2, 0.25) is 0 Å². The smallest absolute Gasteiger partial charge is 0.305 e. The molecule has 0 saturated heterocycles. The molecule has 2 aromatic heterocycles. The molecule has 0 unspecified atom stereocenters. The Hall–Kier alpha value is -2.72. The zero-order chi connectivity index (χ0) is 24.7. The van der Waals surface area contributed by atoms with Crippen molar-refractivity contribution in [3.8, 4) is 5.75 Å². The predicted molar refractivity (Wildman–Crippen MR) is 142 cm³/mol. The van der Waals surface area contributed by atoms with Crippen molar-refractivity contribution in [3.63, 3.8) is 0 Å². The van der Waals surface area contributed by atoms with Gasteiger partial charge in [-0.3, -0.25) is 4.79 Å². The molecule has 0 radical (unpaired) electrons. The van der Waals surface area contributed by atoms with E-state index in [2.05, 4.69) is 25.4 Å². The maximum atomic E-state index is 11.3. The van der Waals surface area contributed by atoms with Crippen LogP contribution in [0.5, 0.6) is 5.75 Å². The third-order valence-corrected chi connectivity index (χ3v) is 7.05. The van der Waals surface area contributed by atoms with E-state index in [4.69, 9.17) is 9.47 Å². The number of aromatic nitrogens is 1. The lowest BCUT2D eigenvalue weighted by atomic mass is 10.1. The highest BCUT2D eigenvalue weighted by Crippen LogP contribution is 2.38. The molecule has 1 aromatic carbocycles. The lowest BCUT2D eigenvalue weighted by Crippen LogP contribution is -2.04. The number of thiazole rings is 1. The van der Waals surface area contributed by atoms with E-state index in [9.17, 15) is 4.79 Å². The van der Waals surface area contributed by atoms with E-state index in [-0.39, 0.29) is 5.97 Å². The summed E-state index contributed by atoms with van der Waals surface area (Å²) < 4.78 is 12.1. The number of hydrogen-bond acceptors (Lipinski definition) is 10. The number of hydrogen-bond donors (Lipinski definition) is 0. The number of ether oxygens (including phenoxy) is 2. The van der Waals surface area contributed by atoms with Gasteiger partial charge < -0.3 is 9.47 Å². The van der Waals surface area contributed by atoms with Gasteiger partial charge in [0.25, 0.3) is 0 Å². The minimum atomic E-state index is -0.0714. The fourth-order valence-electron chi connectivity index (χ4n) is 3.35. The molecule has 0 saturated carbocycles. The van der Waals surface area contributed by atoms with Crippen molar-refractivity contribution in [2.24, 2.45) is 20.5 Å². The second-order valence-electron chi connectivity index (χ2n) is 8.04. The molecule has 10 heteroatoms. The van der Waals surface area contributed by atoms with E-state index in [0.717, 1.165) is 58.1 Å². The lowest BCUT2D eigenvalue weighted by Gasteiger charge is -2.06. The number of unbranched alkanes of at least 4 members (excludes halogenated alkanes) is 6. The SMILES string of the molecule is CCCC(=O)OCCCCCCCCCOc1ccc(N=Nc2cc3sc(N=NC)nc3s2)cc1. The van der Waals surface area contributed by atoms with Crippen LogP contribution in [0.4, 0.5) is 15.8 Å². The van der Waals surface area contributed by atoms with Gasteiger partial charge in [0.2, 0.25) is 5.13 Å². The zero-order valence-electron chi connectivity index (χ0n) is 20.4. The van der Waals surface area contributed by atoms with Crippen molar-refractivity contribution >= 4 is 54.0 Å². The molecule has 0 atom stereocenters. The fraction of sp³-hybridized carbons (Fsp3) is 0.520. The van der Waals surface area contributed by atoms with Gasteiger partial charge in [-0.05, 0) is 49.6 Å². The number of azo groups is 2. The van der Waals surface area contributed by atoms with Crippen molar-refractivity contribution in [3.05, 3.63) is 30.3 Å². The van der Waals surface area contributed by atoms with Crippen LogP contribution in [0.25, 0.3) is 9.53 Å². The van der Waals surface area contributed by atoms with Crippen molar-refractivity contribution < 1.29 is 14.3 Å². The van der Waals surface area contributed by atoms with Gasteiger partial charge >= 0.3 is 5.97 Å². The topological polar surface area (TPSA) is 97.9 Å².